The van der Waals surface area contributed by atoms with E-state index in [4.69, 9.17) is 0 Å². The summed E-state index contributed by atoms with van der Waals surface area (Å²) >= 11 is 1.62. The maximum atomic E-state index is 12.4. The molecule has 0 radical (unpaired) electrons. The maximum absolute atomic E-state index is 12.4. The molecule has 1 fully saturated rings. The van der Waals surface area contributed by atoms with Crippen LogP contribution in [-0.4, -0.2) is 56.7 Å². The molecular formula is C19H20N6OS. The zero-order valence-corrected chi connectivity index (χ0v) is 15.8. The van der Waals surface area contributed by atoms with E-state index in [1.807, 2.05) is 53.7 Å². The average molecular weight is 380 g/mol. The molecular weight excluding hydrogens is 360 g/mol. The molecule has 0 atom stereocenters. The predicted octanol–water partition coefficient (Wildman–Crippen LogP) is 2.39. The number of amides is 1. The fourth-order valence-corrected chi connectivity index (χ4v) is 3.64. The van der Waals surface area contributed by atoms with Crippen LogP contribution in [0.2, 0.25) is 0 Å². The van der Waals surface area contributed by atoms with Gasteiger partial charge in [-0.15, -0.1) is 11.3 Å². The van der Waals surface area contributed by atoms with Crippen LogP contribution in [0.15, 0.2) is 48.1 Å². The smallest absolute Gasteiger partial charge is 0.246 e. The molecule has 1 aliphatic rings. The Labute approximate surface area is 161 Å². The molecule has 4 rings (SSSR count). The summed E-state index contributed by atoms with van der Waals surface area (Å²) in [6.45, 7) is 4.72. The number of aryl methyl sites for hydroxylation is 1. The first-order chi connectivity index (χ1) is 13.2. The molecule has 3 aromatic rings. The second-order valence-electron chi connectivity index (χ2n) is 6.24. The topological polar surface area (TPSA) is 67.2 Å². The van der Waals surface area contributed by atoms with Gasteiger partial charge in [-0.2, -0.15) is 5.10 Å². The maximum Gasteiger partial charge on any atom is 0.246 e. The summed E-state index contributed by atoms with van der Waals surface area (Å²) in [6, 6.07) is 7.79. The van der Waals surface area contributed by atoms with Crippen LogP contribution in [0, 0.1) is 6.92 Å². The fourth-order valence-electron chi connectivity index (χ4n) is 3.02. The molecule has 27 heavy (non-hydrogen) atoms. The highest BCUT2D eigenvalue weighted by Crippen LogP contribution is 2.17. The third-order valence-electron chi connectivity index (χ3n) is 4.40. The van der Waals surface area contributed by atoms with Crippen LogP contribution in [0.5, 0.6) is 0 Å². The molecule has 4 heterocycles. The zero-order chi connectivity index (χ0) is 18.6. The lowest BCUT2D eigenvalue weighted by Gasteiger charge is -2.35. The number of hydrogen-bond donors (Lipinski definition) is 0. The molecule has 0 bridgehead atoms. The molecule has 1 aliphatic heterocycles. The molecule has 7 nitrogen and oxygen atoms in total. The molecule has 138 valence electrons. The highest BCUT2D eigenvalue weighted by atomic mass is 32.1. The summed E-state index contributed by atoms with van der Waals surface area (Å²) in [5, 5.41) is 6.24. The first-order valence-corrected chi connectivity index (χ1v) is 9.68. The Morgan fingerprint density at radius 1 is 1.15 bits per heavy atom. The van der Waals surface area contributed by atoms with Crippen LogP contribution in [0.1, 0.15) is 10.7 Å². The van der Waals surface area contributed by atoms with Crippen LogP contribution >= 0.6 is 11.3 Å². The van der Waals surface area contributed by atoms with Gasteiger partial charge in [-0.1, -0.05) is 6.07 Å². The van der Waals surface area contributed by atoms with Gasteiger partial charge < -0.3 is 9.80 Å². The van der Waals surface area contributed by atoms with E-state index in [0.29, 0.717) is 18.9 Å². The van der Waals surface area contributed by atoms with Gasteiger partial charge in [0.15, 0.2) is 5.82 Å². The molecule has 0 N–H and O–H groups in total. The van der Waals surface area contributed by atoms with E-state index < -0.39 is 0 Å². The van der Waals surface area contributed by atoms with Gasteiger partial charge in [-0.25, -0.2) is 14.6 Å². The summed E-state index contributed by atoms with van der Waals surface area (Å²) in [6.07, 6.45) is 7.13. The van der Waals surface area contributed by atoms with Crippen molar-refractivity contribution in [2.24, 2.45) is 0 Å². The molecule has 0 aliphatic carbocycles. The average Bonchev–Trinajstić information content (AvgIpc) is 3.39. The first-order valence-electron chi connectivity index (χ1n) is 8.80. The van der Waals surface area contributed by atoms with Crippen LogP contribution in [0.25, 0.3) is 11.9 Å². The van der Waals surface area contributed by atoms with Gasteiger partial charge in [0, 0.05) is 55.6 Å². The Kier molecular flexibility index (Phi) is 4.97. The SMILES string of the molecule is Cc1nc(N2CCN(C(=O)/C=C/c3cccs3)CC2)cc(-n2cccn2)n1. The molecule has 1 amide bonds. The number of carbonyl (C=O) groups is 1. The molecule has 0 unspecified atom stereocenters. The lowest BCUT2D eigenvalue weighted by atomic mass is 10.3. The molecule has 1 saturated heterocycles. The van der Waals surface area contributed by atoms with E-state index in [-0.39, 0.29) is 5.91 Å². The second-order valence-corrected chi connectivity index (χ2v) is 7.22. The Balaban J connectivity index is 1.41. The van der Waals surface area contributed by atoms with Gasteiger partial charge in [0.1, 0.15) is 11.6 Å². The Morgan fingerprint density at radius 3 is 2.67 bits per heavy atom. The van der Waals surface area contributed by atoms with Crippen LogP contribution < -0.4 is 4.90 Å². The van der Waals surface area contributed by atoms with Gasteiger partial charge in [-0.3, -0.25) is 4.79 Å². The van der Waals surface area contributed by atoms with Crippen molar-refractivity contribution in [2.45, 2.75) is 6.92 Å². The van der Waals surface area contributed by atoms with Crippen molar-refractivity contribution in [3.05, 3.63) is 58.8 Å². The highest BCUT2D eigenvalue weighted by molar-refractivity contribution is 7.10. The van der Waals surface area contributed by atoms with Crippen molar-refractivity contribution >= 4 is 29.1 Å². The molecule has 0 saturated carbocycles. The molecule has 0 spiro atoms. The number of rotatable bonds is 4. The normalized spacial score (nSPS) is 14.9. The predicted molar refractivity (Wildman–Crippen MR) is 106 cm³/mol. The molecule has 3 aromatic heterocycles. The van der Waals surface area contributed by atoms with Crippen LogP contribution in [0.3, 0.4) is 0 Å². The fraction of sp³-hybridized carbons (Fsp3) is 0.263. The van der Waals surface area contributed by atoms with Gasteiger partial charge >= 0.3 is 0 Å². The second kappa shape index (κ2) is 7.71. The standard InChI is InChI=1S/C19H20N6OS/c1-15-21-17(14-18(22-15)25-8-3-7-20-25)23-9-11-24(12-10-23)19(26)6-5-16-4-2-13-27-16/h2-8,13-14H,9-12H2,1H3/b6-5+. The van der Waals surface area contributed by atoms with Gasteiger partial charge in [-0.05, 0) is 30.5 Å². The van der Waals surface area contributed by atoms with Gasteiger partial charge in [0.25, 0.3) is 0 Å². The number of thiophene rings is 1. The van der Waals surface area contributed by atoms with E-state index in [2.05, 4.69) is 20.0 Å². The van der Waals surface area contributed by atoms with E-state index in [9.17, 15) is 4.79 Å². The lowest BCUT2D eigenvalue weighted by molar-refractivity contribution is -0.126. The van der Waals surface area contributed by atoms with Crippen molar-refractivity contribution in [3.8, 4) is 5.82 Å². The highest BCUT2D eigenvalue weighted by Gasteiger charge is 2.21. The van der Waals surface area contributed by atoms with E-state index >= 15 is 0 Å². The summed E-state index contributed by atoms with van der Waals surface area (Å²) in [5.41, 5.74) is 0. The van der Waals surface area contributed by atoms with Crippen molar-refractivity contribution in [3.63, 3.8) is 0 Å². The quantitative estimate of drug-likeness (QED) is 0.650. The number of hydrogen-bond acceptors (Lipinski definition) is 6. The van der Waals surface area contributed by atoms with Crippen molar-refractivity contribution < 1.29 is 4.79 Å². The number of piperazine rings is 1. The Hall–Kier alpha value is -3.00. The minimum Gasteiger partial charge on any atom is -0.353 e. The summed E-state index contributed by atoms with van der Waals surface area (Å²) in [5.74, 6) is 2.38. The Bertz CT molecular complexity index is 927. The van der Waals surface area contributed by atoms with Crippen LogP contribution in [0.4, 0.5) is 5.82 Å². The summed E-state index contributed by atoms with van der Waals surface area (Å²) in [4.78, 5) is 26.6. The van der Waals surface area contributed by atoms with E-state index in [1.165, 1.54) is 0 Å². The van der Waals surface area contributed by atoms with E-state index in [0.717, 1.165) is 29.6 Å². The van der Waals surface area contributed by atoms with E-state index in [1.54, 1.807) is 28.3 Å². The number of carbonyl (C=O) groups excluding carboxylic acids is 1. The van der Waals surface area contributed by atoms with Crippen molar-refractivity contribution in [2.75, 3.05) is 31.1 Å². The summed E-state index contributed by atoms with van der Waals surface area (Å²) < 4.78 is 1.73. The summed E-state index contributed by atoms with van der Waals surface area (Å²) in [7, 11) is 0. The lowest BCUT2D eigenvalue weighted by Crippen LogP contribution is -2.48. The monoisotopic (exact) mass is 380 g/mol. The minimum atomic E-state index is 0.0548. The van der Waals surface area contributed by atoms with Gasteiger partial charge in [0.2, 0.25) is 5.91 Å². The number of nitrogens with zero attached hydrogens (tertiary/aromatic N) is 6. The molecule has 0 aromatic carbocycles. The van der Waals surface area contributed by atoms with Gasteiger partial charge in [0.05, 0.1) is 0 Å². The van der Waals surface area contributed by atoms with Crippen LogP contribution in [-0.2, 0) is 4.79 Å². The number of anilines is 1. The first kappa shape index (κ1) is 17.4. The van der Waals surface area contributed by atoms with Crippen molar-refractivity contribution in [1.82, 2.24) is 24.6 Å². The minimum absolute atomic E-state index is 0.0548. The third-order valence-corrected chi connectivity index (χ3v) is 5.24. The zero-order valence-electron chi connectivity index (χ0n) is 15.0. The third kappa shape index (κ3) is 4.06. The molecule has 8 heteroatoms. The Morgan fingerprint density at radius 2 is 1.96 bits per heavy atom. The largest absolute Gasteiger partial charge is 0.353 e. The van der Waals surface area contributed by atoms with Crippen molar-refractivity contribution in [1.29, 1.82) is 0 Å². The number of aromatic nitrogens is 4.